The number of benzene rings is 1. The van der Waals surface area contributed by atoms with Crippen molar-refractivity contribution < 1.29 is 41.4 Å². The minimum atomic E-state index is -5.12. The van der Waals surface area contributed by atoms with E-state index >= 15 is 0 Å². The number of alkyl halides is 3. The first-order valence-electron chi connectivity index (χ1n) is 11.4. The lowest BCUT2D eigenvalue weighted by Gasteiger charge is -2.24. The highest BCUT2D eigenvalue weighted by Crippen LogP contribution is 2.39. The van der Waals surface area contributed by atoms with Gasteiger partial charge in [0.1, 0.15) is 5.56 Å². The average Bonchev–Trinajstić information content (AvgIpc) is 3.58. The Morgan fingerprint density at radius 2 is 1.94 bits per heavy atom. The zero-order chi connectivity index (χ0) is 26.4. The molecular formula is C24H23F5N2O5. The number of aliphatic hydroxyl groups excluding tert-OH is 1. The number of halogens is 5. The summed E-state index contributed by atoms with van der Waals surface area (Å²) in [5.41, 5.74) is -1.43. The summed E-state index contributed by atoms with van der Waals surface area (Å²) >= 11 is 0. The number of hydrogen-bond donors (Lipinski definition) is 1. The summed E-state index contributed by atoms with van der Waals surface area (Å²) in [6.07, 6.45) is -1.53. The van der Waals surface area contributed by atoms with Crippen molar-refractivity contribution in [1.82, 2.24) is 9.47 Å². The minimum absolute atomic E-state index is 0.00916. The molecular weight excluding hydrogens is 491 g/mol. The lowest BCUT2D eigenvalue weighted by molar-refractivity contribution is -0.186. The van der Waals surface area contributed by atoms with Gasteiger partial charge in [0.15, 0.2) is 11.6 Å². The molecule has 1 saturated carbocycles. The number of fused-ring (bicyclic) bond motifs is 1. The molecule has 36 heavy (non-hydrogen) atoms. The monoisotopic (exact) mass is 514 g/mol. The fourth-order valence-electron chi connectivity index (χ4n) is 4.51. The van der Waals surface area contributed by atoms with E-state index in [-0.39, 0.29) is 47.5 Å². The normalized spacial score (nSPS) is 20.5. The number of hydrogen-bond acceptors (Lipinski definition) is 5. The van der Waals surface area contributed by atoms with Crippen molar-refractivity contribution in [2.45, 2.75) is 57.0 Å². The van der Waals surface area contributed by atoms with Crippen molar-refractivity contribution in [3.05, 3.63) is 51.3 Å². The molecule has 1 aromatic heterocycles. The van der Waals surface area contributed by atoms with E-state index in [1.807, 2.05) is 0 Å². The SMILES string of the molecule is CCOC(=O)c1cn(C2CC2)c2c(C=CCC3C[C@@H](O)CN3C(=O)C(F)(F)F)c(F)c(F)cc2c1=O. The Hall–Kier alpha value is -3.28. The van der Waals surface area contributed by atoms with Crippen LogP contribution < -0.4 is 5.43 Å². The maximum atomic E-state index is 14.9. The summed E-state index contributed by atoms with van der Waals surface area (Å²) in [6.45, 7) is 1.07. The standard InChI is InChI=1S/C24H23F5N2O5/c1-2-36-22(34)17-11-30(12-6-7-12)20-15(19(26)18(25)9-16(20)21(17)33)5-3-4-13-8-14(32)10-31(13)23(35)24(27,28)29/h3,5,9,11-14,32H,2,4,6-8,10H2,1H3/t13?,14-/m1/s1. The molecule has 1 aliphatic heterocycles. The van der Waals surface area contributed by atoms with Crippen molar-refractivity contribution >= 4 is 28.9 Å². The third-order valence-corrected chi connectivity index (χ3v) is 6.27. The Morgan fingerprint density at radius 1 is 1.25 bits per heavy atom. The van der Waals surface area contributed by atoms with Crippen LogP contribution >= 0.6 is 0 Å². The van der Waals surface area contributed by atoms with E-state index in [0.29, 0.717) is 23.8 Å². The molecule has 12 heteroatoms. The molecule has 0 bridgehead atoms. The van der Waals surface area contributed by atoms with E-state index in [0.717, 1.165) is 6.08 Å². The van der Waals surface area contributed by atoms with Crippen molar-refractivity contribution in [2.24, 2.45) is 0 Å². The van der Waals surface area contributed by atoms with Crippen LogP contribution in [0.25, 0.3) is 17.0 Å². The summed E-state index contributed by atoms with van der Waals surface area (Å²) in [7, 11) is 0. The third kappa shape index (κ3) is 4.86. The molecule has 0 spiro atoms. The molecule has 7 nitrogen and oxygen atoms in total. The Morgan fingerprint density at radius 3 is 2.56 bits per heavy atom. The number of nitrogens with zero attached hydrogens (tertiary/aromatic N) is 2. The van der Waals surface area contributed by atoms with Gasteiger partial charge in [0.05, 0.1) is 23.6 Å². The smallest absolute Gasteiger partial charge is 0.462 e. The summed E-state index contributed by atoms with van der Waals surface area (Å²) in [6, 6.07) is -0.458. The van der Waals surface area contributed by atoms with Crippen LogP contribution in [-0.2, 0) is 9.53 Å². The molecule has 1 unspecified atom stereocenters. The lowest BCUT2D eigenvalue weighted by Crippen LogP contribution is -2.44. The second kappa shape index (κ2) is 9.64. The number of aromatic nitrogens is 1. The molecule has 2 aliphatic rings. The van der Waals surface area contributed by atoms with Crippen LogP contribution in [-0.4, -0.2) is 57.9 Å². The minimum Gasteiger partial charge on any atom is -0.462 e. The van der Waals surface area contributed by atoms with Gasteiger partial charge in [-0.25, -0.2) is 13.6 Å². The fraction of sp³-hybridized carbons (Fsp3) is 0.458. The van der Waals surface area contributed by atoms with E-state index in [2.05, 4.69) is 0 Å². The molecule has 2 heterocycles. The summed E-state index contributed by atoms with van der Waals surface area (Å²) < 4.78 is 74.6. The van der Waals surface area contributed by atoms with Crippen LogP contribution in [0, 0.1) is 11.6 Å². The van der Waals surface area contributed by atoms with Gasteiger partial charge in [0, 0.05) is 30.4 Å². The van der Waals surface area contributed by atoms with Crippen molar-refractivity contribution in [3.8, 4) is 0 Å². The number of pyridine rings is 1. The van der Waals surface area contributed by atoms with Gasteiger partial charge in [-0.15, -0.1) is 0 Å². The Kier molecular flexibility index (Phi) is 6.91. The van der Waals surface area contributed by atoms with Crippen LogP contribution in [0.15, 0.2) is 23.1 Å². The quantitative estimate of drug-likeness (QED) is 0.469. The number of ether oxygens (including phenoxy) is 1. The average molecular weight is 514 g/mol. The van der Waals surface area contributed by atoms with Gasteiger partial charge < -0.3 is 19.3 Å². The Labute approximate surface area is 201 Å². The molecule has 1 N–H and O–H groups in total. The van der Waals surface area contributed by atoms with E-state index < -0.39 is 53.8 Å². The van der Waals surface area contributed by atoms with Gasteiger partial charge in [-0.05, 0) is 38.7 Å². The first-order valence-corrected chi connectivity index (χ1v) is 11.4. The maximum Gasteiger partial charge on any atom is 0.471 e. The van der Waals surface area contributed by atoms with Crippen LogP contribution in [0.2, 0.25) is 0 Å². The second-order valence-electron chi connectivity index (χ2n) is 8.85. The summed E-state index contributed by atoms with van der Waals surface area (Å²) in [5.74, 6) is -5.59. The van der Waals surface area contributed by atoms with Crippen molar-refractivity contribution in [1.29, 1.82) is 0 Å². The van der Waals surface area contributed by atoms with Crippen LogP contribution in [0.3, 0.4) is 0 Å². The summed E-state index contributed by atoms with van der Waals surface area (Å²) in [4.78, 5) is 37.5. The fourth-order valence-corrected chi connectivity index (χ4v) is 4.51. The van der Waals surface area contributed by atoms with E-state index in [1.165, 1.54) is 16.8 Å². The second-order valence-corrected chi connectivity index (χ2v) is 8.85. The largest absolute Gasteiger partial charge is 0.471 e. The highest BCUT2D eigenvalue weighted by Gasteiger charge is 2.47. The topological polar surface area (TPSA) is 88.8 Å². The highest BCUT2D eigenvalue weighted by atomic mass is 19.4. The number of carbonyl (C=O) groups is 2. The first kappa shape index (κ1) is 25.8. The van der Waals surface area contributed by atoms with Gasteiger partial charge in [0.2, 0.25) is 5.43 Å². The van der Waals surface area contributed by atoms with Crippen LogP contribution in [0.5, 0.6) is 0 Å². The number of likely N-dealkylation sites (tertiary alicyclic amines) is 1. The molecule has 2 fully saturated rings. The number of esters is 1. The molecule has 2 aromatic rings. The van der Waals surface area contributed by atoms with Crippen molar-refractivity contribution in [2.75, 3.05) is 13.2 Å². The molecule has 1 aliphatic carbocycles. The van der Waals surface area contributed by atoms with E-state index in [4.69, 9.17) is 4.74 Å². The van der Waals surface area contributed by atoms with Crippen LogP contribution in [0.4, 0.5) is 22.0 Å². The molecule has 194 valence electrons. The molecule has 1 aromatic carbocycles. The van der Waals surface area contributed by atoms with Gasteiger partial charge in [-0.3, -0.25) is 9.59 Å². The van der Waals surface area contributed by atoms with Crippen molar-refractivity contribution in [3.63, 3.8) is 0 Å². The Bertz CT molecular complexity index is 1300. The van der Waals surface area contributed by atoms with Gasteiger partial charge in [-0.1, -0.05) is 12.2 Å². The van der Waals surface area contributed by atoms with Gasteiger partial charge in [-0.2, -0.15) is 13.2 Å². The molecule has 4 rings (SSSR count). The molecule has 1 amide bonds. The van der Waals surface area contributed by atoms with Gasteiger partial charge in [0.25, 0.3) is 0 Å². The predicted molar refractivity (Wildman–Crippen MR) is 118 cm³/mol. The molecule has 1 saturated heterocycles. The molecule has 0 radical (unpaired) electrons. The van der Waals surface area contributed by atoms with E-state index in [9.17, 15) is 41.4 Å². The lowest BCUT2D eigenvalue weighted by atomic mass is 10.0. The highest BCUT2D eigenvalue weighted by molar-refractivity contribution is 5.96. The number of β-amino-alcohol motifs (C(OH)–C–C–N with tert-alkyl or cyclic N) is 1. The van der Waals surface area contributed by atoms with E-state index in [1.54, 1.807) is 6.92 Å². The first-order chi connectivity index (χ1) is 16.9. The number of rotatable bonds is 6. The third-order valence-electron chi connectivity index (χ3n) is 6.27. The zero-order valence-corrected chi connectivity index (χ0v) is 19.1. The number of aliphatic hydroxyl groups is 1. The number of carbonyl (C=O) groups excluding carboxylic acids is 2. The zero-order valence-electron chi connectivity index (χ0n) is 19.1. The summed E-state index contributed by atoms with van der Waals surface area (Å²) in [5, 5.41) is 9.56. The van der Waals surface area contributed by atoms with Crippen LogP contribution in [0.1, 0.15) is 54.6 Å². The maximum absolute atomic E-state index is 14.9. The molecule has 2 atom stereocenters. The van der Waals surface area contributed by atoms with Gasteiger partial charge >= 0.3 is 18.1 Å². The number of amides is 1. The predicted octanol–water partition coefficient (Wildman–Crippen LogP) is 3.72. The Balaban J connectivity index is 1.75.